The lowest BCUT2D eigenvalue weighted by molar-refractivity contribution is -0.113. The molecular weight excluding hydrogens is 166 g/mol. The van der Waals surface area contributed by atoms with Crippen LogP contribution in [0.15, 0.2) is 40.4 Å². The molecule has 0 saturated heterocycles. The van der Waals surface area contributed by atoms with Crippen molar-refractivity contribution < 1.29 is 9.59 Å². The number of carbonyl (C=O) groups excluding carboxylic acids is 2. The highest BCUT2D eigenvalue weighted by molar-refractivity contribution is 6.26. The third-order valence-corrected chi connectivity index (χ3v) is 1.96. The van der Waals surface area contributed by atoms with Gasteiger partial charge < -0.3 is 0 Å². The zero-order valence-corrected chi connectivity index (χ0v) is 7.07. The molecular formula is C10H7NO2. The third-order valence-electron chi connectivity index (χ3n) is 1.96. The summed E-state index contributed by atoms with van der Waals surface area (Å²) < 4.78 is 0. The zero-order chi connectivity index (χ0) is 9.42. The number of aliphatic imine (C=N–C) groups is 1. The van der Waals surface area contributed by atoms with Crippen molar-refractivity contribution in [2.24, 2.45) is 4.99 Å². The van der Waals surface area contributed by atoms with E-state index in [9.17, 15) is 9.59 Å². The normalized spacial score (nSPS) is 20.5. The Balaban J connectivity index is 2.54. The van der Waals surface area contributed by atoms with Crippen molar-refractivity contribution in [1.82, 2.24) is 0 Å². The Kier molecular flexibility index (Phi) is 1.59. The van der Waals surface area contributed by atoms with E-state index in [1.807, 2.05) is 0 Å². The Morgan fingerprint density at radius 1 is 1.15 bits per heavy atom. The second-order valence-electron chi connectivity index (χ2n) is 2.96. The van der Waals surface area contributed by atoms with Gasteiger partial charge in [-0.2, -0.15) is 0 Å². The van der Waals surface area contributed by atoms with E-state index < -0.39 is 0 Å². The number of ketones is 1. The zero-order valence-electron chi connectivity index (χ0n) is 7.07. The largest absolute Gasteiger partial charge is 0.290 e. The predicted molar refractivity (Wildman–Crippen MR) is 48.4 cm³/mol. The van der Waals surface area contributed by atoms with E-state index in [1.165, 1.54) is 18.2 Å². The summed E-state index contributed by atoms with van der Waals surface area (Å²) >= 11 is 0. The van der Waals surface area contributed by atoms with Gasteiger partial charge in [0.15, 0.2) is 5.78 Å². The van der Waals surface area contributed by atoms with E-state index in [0.29, 0.717) is 5.71 Å². The molecule has 3 heteroatoms. The molecule has 0 saturated carbocycles. The molecule has 13 heavy (non-hydrogen) atoms. The van der Waals surface area contributed by atoms with E-state index in [0.717, 1.165) is 11.1 Å². The topological polar surface area (TPSA) is 46.5 Å². The fourth-order valence-corrected chi connectivity index (χ4v) is 1.34. The fraction of sp³-hybridized carbons (Fsp3) is 0.100. The fourth-order valence-electron chi connectivity index (χ4n) is 1.34. The third kappa shape index (κ3) is 1.28. The summed E-state index contributed by atoms with van der Waals surface area (Å²) in [5.74, 6) is -0.320. The molecule has 0 fully saturated rings. The minimum absolute atomic E-state index is 0.0592. The lowest BCUT2D eigenvalue weighted by Crippen LogP contribution is -2.15. The molecule has 0 atom stereocenters. The molecule has 1 amide bonds. The first-order chi connectivity index (χ1) is 6.16. The molecule has 0 spiro atoms. The van der Waals surface area contributed by atoms with Crippen molar-refractivity contribution >= 4 is 17.4 Å². The second-order valence-corrected chi connectivity index (χ2v) is 2.96. The maximum Gasteiger partial charge on any atom is 0.270 e. The molecule has 0 radical (unpaired) electrons. The number of carbonyl (C=O) groups is 2. The van der Waals surface area contributed by atoms with Crippen LogP contribution < -0.4 is 0 Å². The quantitative estimate of drug-likeness (QED) is 0.512. The maximum absolute atomic E-state index is 11.0. The highest BCUT2D eigenvalue weighted by Crippen LogP contribution is 2.19. The van der Waals surface area contributed by atoms with E-state index in [2.05, 4.69) is 4.99 Å². The summed E-state index contributed by atoms with van der Waals surface area (Å²) in [6.45, 7) is 1.80. The molecule has 1 aliphatic heterocycles. The standard InChI is InChI=1S/C10H7NO2/c1-6-4-10(13)11-9-3-2-7(12)5-8(6)9/h2-5H,1H3. The lowest BCUT2D eigenvalue weighted by Gasteiger charge is -2.13. The van der Waals surface area contributed by atoms with E-state index in [1.54, 1.807) is 13.0 Å². The van der Waals surface area contributed by atoms with Crippen molar-refractivity contribution in [2.45, 2.75) is 6.92 Å². The van der Waals surface area contributed by atoms with Gasteiger partial charge in [0.05, 0.1) is 5.71 Å². The van der Waals surface area contributed by atoms with Crippen molar-refractivity contribution in [3.05, 3.63) is 35.5 Å². The summed E-state index contributed by atoms with van der Waals surface area (Å²) in [4.78, 5) is 25.8. The van der Waals surface area contributed by atoms with Gasteiger partial charge in [0, 0.05) is 11.6 Å². The minimum Gasteiger partial charge on any atom is -0.290 e. The average Bonchev–Trinajstić information content (AvgIpc) is 2.06. The summed E-state index contributed by atoms with van der Waals surface area (Å²) in [6.07, 6.45) is 5.92. The molecule has 1 heterocycles. The second kappa shape index (κ2) is 2.62. The Bertz CT molecular complexity index is 422. The van der Waals surface area contributed by atoms with Gasteiger partial charge in [-0.1, -0.05) is 0 Å². The maximum atomic E-state index is 11.0. The molecule has 0 bridgehead atoms. The van der Waals surface area contributed by atoms with Crippen LogP contribution in [0.5, 0.6) is 0 Å². The van der Waals surface area contributed by atoms with Gasteiger partial charge >= 0.3 is 0 Å². The van der Waals surface area contributed by atoms with Gasteiger partial charge in [-0.15, -0.1) is 0 Å². The van der Waals surface area contributed by atoms with Crippen molar-refractivity contribution in [3.8, 4) is 0 Å². The molecule has 3 nitrogen and oxygen atoms in total. The smallest absolute Gasteiger partial charge is 0.270 e. The number of hydrogen-bond donors (Lipinski definition) is 0. The molecule has 2 rings (SSSR count). The molecule has 1 aliphatic carbocycles. The van der Waals surface area contributed by atoms with Gasteiger partial charge in [0.25, 0.3) is 5.91 Å². The number of fused-ring (bicyclic) bond motifs is 1. The number of amides is 1. The Morgan fingerprint density at radius 2 is 1.92 bits per heavy atom. The van der Waals surface area contributed by atoms with Crippen LogP contribution in [0.25, 0.3) is 0 Å². The first-order valence-electron chi connectivity index (χ1n) is 3.92. The van der Waals surface area contributed by atoms with Gasteiger partial charge in [0.2, 0.25) is 0 Å². The Hall–Kier alpha value is -1.77. The van der Waals surface area contributed by atoms with Crippen LogP contribution in [0.4, 0.5) is 0 Å². The summed E-state index contributed by atoms with van der Waals surface area (Å²) in [5.41, 5.74) is 2.14. The summed E-state index contributed by atoms with van der Waals surface area (Å²) in [5, 5.41) is 0. The van der Waals surface area contributed by atoms with Crippen LogP contribution in [-0.2, 0) is 9.59 Å². The lowest BCUT2D eigenvalue weighted by atomic mass is 9.94. The molecule has 0 unspecified atom stereocenters. The van der Waals surface area contributed by atoms with Crippen LogP contribution in [0.2, 0.25) is 0 Å². The summed E-state index contributed by atoms with van der Waals surface area (Å²) in [6, 6.07) is 0. The highest BCUT2D eigenvalue weighted by atomic mass is 16.1. The average molecular weight is 173 g/mol. The monoisotopic (exact) mass is 173 g/mol. The number of nitrogens with zero attached hydrogens (tertiary/aromatic N) is 1. The van der Waals surface area contributed by atoms with Crippen LogP contribution in [0, 0.1) is 0 Å². The van der Waals surface area contributed by atoms with E-state index in [4.69, 9.17) is 0 Å². The van der Waals surface area contributed by atoms with Gasteiger partial charge in [-0.25, -0.2) is 4.99 Å². The first kappa shape index (κ1) is 7.86. The number of dihydropyridines is 1. The van der Waals surface area contributed by atoms with Gasteiger partial charge in [-0.3, -0.25) is 9.59 Å². The van der Waals surface area contributed by atoms with Crippen LogP contribution in [0.3, 0.4) is 0 Å². The molecule has 0 aromatic carbocycles. The molecule has 64 valence electrons. The molecule has 0 aromatic rings. The Morgan fingerprint density at radius 3 is 2.69 bits per heavy atom. The first-order valence-corrected chi connectivity index (χ1v) is 3.92. The number of hydrogen-bond acceptors (Lipinski definition) is 2. The molecule has 0 aromatic heterocycles. The highest BCUT2D eigenvalue weighted by Gasteiger charge is 2.18. The number of rotatable bonds is 0. The SMILES string of the molecule is CC1=CC(=O)N=C2C=CC(=O)C=C12. The van der Waals surface area contributed by atoms with Gasteiger partial charge in [-0.05, 0) is 30.7 Å². The minimum atomic E-state index is -0.261. The van der Waals surface area contributed by atoms with Crippen molar-refractivity contribution in [2.75, 3.05) is 0 Å². The van der Waals surface area contributed by atoms with Gasteiger partial charge in [0.1, 0.15) is 0 Å². The Labute approximate surface area is 75.2 Å². The van der Waals surface area contributed by atoms with E-state index >= 15 is 0 Å². The van der Waals surface area contributed by atoms with Crippen LogP contribution in [-0.4, -0.2) is 17.4 Å². The van der Waals surface area contributed by atoms with Crippen molar-refractivity contribution in [3.63, 3.8) is 0 Å². The van der Waals surface area contributed by atoms with Crippen molar-refractivity contribution in [1.29, 1.82) is 0 Å². The predicted octanol–water partition coefficient (Wildman–Crippen LogP) is 0.979. The molecule has 0 N–H and O–H groups in total. The summed E-state index contributed by atoms with van der Waals surface area (Å²) in [7, 11) is 0. The van der Waals surface area contributed by atoms with Crippen LogP contribution in [0.1, 0.15) is 6.92 Å². The molecule has 2 aliphatic rings. The van der Waals surface area contributed by atoms with E-state index in [-0.39, 0.29) is 11.7 Å². The number of allylic oxidation sites excluding steroid dienone is 5. The van der Waals surface area contributed by atoms with Crippen LogP contribution >= 0.6 is 0 Å².